The van der Waals surface area contributed by atoms with Gasteiger partial charge in [-0.05, 0) is 30.5 Å². The summed E-state index contributed by atoms with van der Waals surface area (Å²) in [4.78, 5) is 23.6. The molecule has 1 aliphatic rings. The lowest BCUT2D eigenvalue weighted by atomic mass is 9.66. The number of methoxy groups -OCH3 is 1. The Labute approximate surface area is 122 Å². The largest absolute Gasteiger partial charge is 0.468 e. The molecule has 5 heteroatoms. The standard InChI is InChI=1S/C15H14ClNO3/c1-20-14(19)12-8-15(9-17,6-5-13(12)18)10-3-2-4-11(16)7-10/h2-4,7,12H,5-6,8H2,1H3/t12-,15+/m1/s1. The molecule has 0 bridgehead atoms. The van der Waals surface area contributed by atoms with E-state index in [9.17, 15) is 14.9 Å². The number of halogens is 1. The Balaban J connectivity index is 2.39. The summed E-state index contributed by atoms with van der Waals surface area (Å²) in [6.45, 7) is 0. The third-order valence-corrected chi connectivity index (χ3v) is 4.05. The van der Waals surface area contributed by atoms with Crippen molar-refractivity contribution in [3.05, 3.63) is 34.9 Å². The average molecular weight is 292 g/mol. The summed E-state index contributed by atoms with van der Waals surface area (Å²) in [6, 6.07) is 9.28. The van der Waals surface area contributed by atoms with Crippen molar-refractivity contribution in [2.75, 3.05) is 7.11 Å². The van der Waals surface area contributed by atoms with Crippen LogP contribution in [0.5, 0.6) is 0 Å². The molecule has 4 nitrogen and oxygen atoms in total. The average Bonchev–Trinajstić information content (AvgIpc) is 2.47. The highest BCUT2D eigenvalue weighted by molar-refractivity contribution is 6.30. The Kier molecular flexibility index (Phi) is 4.10. The number of carbonyl (C=O) groups excluding carboxylic acids is 2. The molecule has 0 heterocycles. The molecule has 0 radical (unpaired) electrons. The molecule has 1 aromatic rings. The Morgan fingerprint density at radius 2 is 2.30 bits per heavy atom. The quantitative estimate of drug-likeness (QED) is 0.620. The molecule has 0 aliphatic heterocycles. The Bertz CT molecular complexity index is 585. The van der Waals surface area contributed by atoms with Crippen LogP contribution >= 0.6 is 11.6 Å². The van der Waals surface area contributed by atoms with Gasteiger partial charge in [-0.25, -0.2) is 0 Å². The molecule has 1 saturated carbocycles. The van der Waals surface area contributed by atoms with E-state index in [1.54, 1.807) is 24.3 Å². The summed E-state index contributed by atoms with van der Waals surface area (Å²) in [5.74, 6) is -1.60. The van der Waals surface area contributed by atoms with Crippen LogP contribution in [0.15, 0.2) is 24.3 Å². The minimum Gasteiger partial charge on any atom is -0.468 e. The van der Waals surface area contributed by atoms with Crippen LogP contribution < -0.4 is 0 Å². The first-order valence-electron chi connectivity index (χ1n) is 6.30. The van der Waals surface area contributed by atoms with Crippen molar-refractivity contribution < 1.29 is 14.3 Å². The predicted octanol–water partition coefficient (Wildman–Crippen LogP) is 2.64. The van der Waals surface area contributed by atoms with Gasteiger partial charge in [0.1, 0.15) is 11.7 Å². The normalized spacial score (nSPS) is 25.9. The van der Waals surface area contributed by atoms with Crippen LogP contribution in [0.3, 0.4) is 0 Å². The van der Waals surface area contributed by atoms with Gasteiger partial charge in [-0.3, -0.25) is 9.59 Å². The van der Waals surface area contributed by atoms with Crippen molar-refractivity contribution >= 4 is 23.4 Å². The van der Waals surface area contributed by atoms with Gasteiger partial charge in [-0.1, -0.05) is 23.7 Å². The van der Waals surface area contributed by atoms with Crippen LogP contribution in [0.1, 0.15) is 24.8 Å². The van der Waals surface area contributed by atoms with E-state index in [-0.39, 0.29) is 18.6 Å². The zero-order chi connectivity index (χ0) is 14.8. The van der Waals surface area contributed by atoms with Crippen molar-refractivity contribution in [3.63, 3.8) is 0 Å². The van der Waals surface area contributed by atoms with Gasteiger partial charge < -0.3 is 4.74 Å². The van der Waals surface area contributed by atoms with Crippen LogP contribution in [-0.4, -0.2) is 18.9 Å². The predicted molar refractivity (Wildman–Crippen MR) is 73.1 cm³/mol. The van der Waals surface area contributed by atoms with E-state index in [0.29, 0.717) is 11.4 Å². The lowest BCUT2D eigenvalue weighted by Crippen LogP contribution is -2.40. The van der Waals surface area contributed by atoms with Crippen molar-refractivity contribution in [2.45, 2.75) is 24.7 Å². The number of Topliss-reactive ketones (excluding diaryl/α,β-unsaturated/α-hetero) is 1. The van der Waals surface area contributed by atoms with E-state index >= 15 is 0 Å². The fraction of sp³-hybridized carbons (Fsp3) is 0.400. The van der Waals surface area contributed by atoms with Crippen LogP contribution in [0.25, 0.3) is 0 Å². The first kappa shape index (κ1) is 14.5. The van der Waals surface area contributed by atoms with Crippen molar-refractivity contribution in [2.24, 2.45) is 5.92 Å². The lowest BCUT2D eigenvalue weighted by Gasteiger charge is -2.34. The fourth-order valence-electron chi connectivity index (χ4n) is 2.65. The molecule has 2 rings (SSSR count). The van der Waals surface area contributed by atoms with Crippen molar-refractivity contribution in [1.29, 1.82) is 5.26 Å². The molecule has 0 saturated heterocycles. The van der Waals surface area contributed by atoms with Gasteiger partial charge in [-0.2, -0.15) is 5.26 Å². The number of esters is 1. The second kappa shape index (κ2) is 5.64. The summed E-state index contributed by atoms with van der Waals surface area (Å²) in [5.41, 5.74) is -0.119. The number of hydrogen-bond acceptors (Lipinski definition) is 4. The number of carbonyl (C=O) groups is 2. The Morgan fingerprint density at radius 1 is 1.55 bits per heavy atom. The molecule has 0 amide bonds. The first-order chi connectivity index (χ1) is 9.52. The minimum absolute atomic E-state index is 0.148. The second-order valence-electron chi connectivity index (χ2n) is 4.95. The van der Waals surface area contributed by atoms with Gasteiger partial charge in [0, 0.05) is 11.4 Å². The molecule has 0 unspecified atom stereocenters. The maximum Gasteiger partial charge on any atom is 0.316 e. The van der Waals surface area contributed by atoms with Crippen LogP contribution in [0.2, 0.25) is 5.02 Å². The zero-order valence-corrected chi connectivity index (χ0v) is 11.8. The molecule has 0 aromatic heterocycles. The highest BCUT2D eigenvalue weighted by Crippen LogP contribution is 2.41. The fourth-order valence-corrected chi connectivity index (χ4v) is 2.84. The van der Waals surface area contributed by atoms with Crippen LogP contribution in [-0.2, 0) is 19.7 Å². The van der Waals surface area contributed by atoms with Gasteiger partial charge in [0.25, 0.3) is 0 Å². The highest BCUT2D eigenvalue weighted by atomic mass is 35.5. The lowest BCUT2D eigenvalue weighted by molar-refractivity contribution is -0.151. The third kappa shape index (κ3) is 2.54. The monoisotopic (exact) mass is 291 g/mol. The number of ketones is 1. The Hall–Kier alpha value is -1.86. The van der Waals surface area contributed by atoms with Gasteiger partial charge in [0.2, 0.25) is 0 Å². The first-order valence-corrected chi connectivity index (χ1v) is 6.68. The topological polar surface area (TPSA) is 67.2 Å². The number of hydrogen-bond donors (Lipinski definition) is 0. The molecule has 1 fully saturated rings. The van der Waals surface area contributed by atoms with Gasteiger partial charge >= 0.3 is 5.97 Å². The highest BCUT2D eigenvalue weighted by Gasteiger charge is 2.45. The SMILES string of the molecule is COC(=O)[C@@H]1C[C@@](C#N)(c2cccc(Cl)c2)CCC1=O. The number of benzene rings is 1. The van der Waals surface area contributed by atoms with Crippen LogP contribution in [0.4, 0.5) is 0 Å². The smallest absolute Gasteiger partial charge is 0.316 e. The van der Waals surface area contributed by atoms with E-state index in [2.05, 4.69) is 10.8 Å². The Morgan fingerprint density at radius 3 is 2.90 bits per heavy atom. The number of rotatable bonds is 2. The molecule has 2 atom stereocenters. The summed E-state index contributed by atoms with van der Waals surface area (Å²) in [7, 11) is 1.25. The van der Waals surface area contributed by atoms with E-state index in [1.165, 1.54) is 7.11 Å². The molecule has 1 aliphatic carbocycles. The number of ether oxygens (including phenoxy) is 1. The molecule has 104 valence electrons. The van der Waals surface area contributed by atoms with Crippen LogP contribution in [0, 0.1) is 17.2 Å². The molecule has 0 N–H and O–H groups in total. The second-order valence-corrected chi connectivity index (χ2v) is 5.39. The molecule has 20 heavy (non-hydrogen) atoms. The van der Waals surface area contributed by atoms with Gasteiger partial charge in [0.05, 0.1) is 18.6 Å². The summed E-state index contributed by atoms with van der Waals surface area (Å²) < 4.78 is 4.66. The van der Waals surface area contributed by atoms with E-state index in [0.717, 1.165) is 5.56 Å². The van der Waals surface area contributed by atoms with E-state index in [1.807, 2.05) is 0 Å². The molecular formula is C15H14ClNO3. The zero-order valence-electron chi connectivity index (χ0n) is 11.1. The molecular weight excluding hydrogens is 278 g/mol. The summed E-state index contributed by atoms with van der Waals surface area (Å²) >= 11 is 5.97. The van der Waals surface area contributed by atoms with Gasteiger partial charge in [-0.15, -0.1) is 0 Å². The maximum absolute atomic E-state index is 11.9. The minimum atomic E-state index is -0.868. The maximum atomic E-state index is 11.9. The number of nitrogens with zero attached hydrogens (tertiary/aromatic N) is 1. The van der Waals surface area contributed by atoms with E-state index in [4.69, 9.17) is 11.6 Å². The van der Waals surface area contributed by atoms with Crippen molar-refractivity contribution in [1.82, 2.24) is 0 Å². The summed E-state index contributed by atoms with van der Waals surface area (Å²) in [6.07, 6.45) is 0.741. The van der Waals surface area contributed by atoms with E-state index < -0.39 is 17.3 Å². The van der Waals surface area contributed by atoms with Crippen molar-refractivity contribution in [3.8, 4) is 6.07 Å². The summed E-state index contributed by atoms with van der Waals surface area (Å²) in [5, 5.41) is 10.1. The van der Waals surface area contributed by atoms with Gasteiger partial charge in [0.15, 0.2) is 0 Å². The third-order valence-electron chi connectivity index (χ3n) is 3.82. The molecule has 1 aromatic carbocycles. The number of nitriles is 1. The molecule has 0 spiro atoms.